The van der Waals surface area contributed by atoms with Crippen LogP contribution in [0.25, 0.3) is 10.2 Å². The van der Waals surface area contributed by atoms with Crippen LogP contribution in [0.2, 0.25) is 0 Å². The summed E-state index contributed by atoms with van der Waals surface area (Å²) in [6, 6.07) is 17.7. The summed E-state index contributed by atoms with van der Waals surface area (Å²) in [5.41, 5.74) is 4.79. The summed E-state index contributed by atoms with van der Waals surface area (Å²) >= 11 is 3.13. The number of aromatic nitrogens is 2. The standard InChI is InChI=1S/C23H21N3OS2/c1-15-12-16(2)21-19(13-15)25-23(29-21)26(14-17-8-6-7-11-24-17)22(27)18-9-4-5-10-20(18)28-3/h4-13H,14H2,1-3H3. The van der Waals surface area contributed by atoms with Crippen LogP contribution in [0.3, 0.4) is 0 Å². The Morgan fingerprint density at radius 2 is 1.90 bits per heavy atom. The van der Waals surface area contributed by atoms with E-state index in [0.717, 1.165) is 20.8 Å². The molecule has 4 rings (SSSR count). The van der Waals surface area contributed by atoms with Crippen molar-refractivity contribution < 1.29 is 4.79 Å². The number of thiazole rings is 1. The number of anilines is 1. The highest BCUT2D eigenvalue weighted by Crippen LogP contribution is 2.34. The van der Waals surface area contributed by atoms with Crippen LogP contribution in [0.4, 0.5) is 5.13 Å². The molecule has 4 nitrogen and oxygen atoms in total. The number of hydrogen-bond donors (Lipinski definition) is 0. The highest BCUT2D eigenvalue weighted by Gasteiger charge is 2.24. The zero-order chi connectivity index (χ0) is 20.4. The van der Waals surface area contributed by atoms with Crippen LogP contribution in [0, 0.1) is 13.8 Å². The molecule has 2 aromatic carbocycles. The summed E-state index contributed by atoms with van der Waals surface area (Å²) in [4.78, 5) is 25.6. The second-order valence-electron chi connectivity index (χ2n) is 6.84. The number of nitrogens with zero attached hydrogens (tertiary/aromatic N) is 3. The maximum absolute atomic E-state index is 13.6. The van der Waals surface area contributed by atoms with E-state index in [1.807, 2.05) is 48.7 Å². The maximum atomic E-state index is 13.6. The fraction of sp³-hybridized carbons (Fsp3) is 0.174. The molecule has 0 unspecified atom stereocenters. The van der Waals surface area contributed by atoms with E-state index in [1.54, 1.807) is 34.2 Å². The molecule has 0 saturated carbocycles. The van der Waals surface area contributed by atoms with Crippen molar-refractivity contribution in [3.8, 4) is 0 Å². The highest BCUT2D eigenvalue weighted by molar-refractivity contribution is 7.98. The molecule has 1 amide bonds. The normalized spacial score (nSPS) is 11.0. The summed E-state index contributed by atoms with van der Waals surface area (Å²) in [5.74, 6) is -0.0611. The van der Waals surface area contributed by atoms with E-state index >= 15 is 0 Å². The first-order chi connectivity index (χ1) is 14.1. The topological polar surface area (TPSA) is 46.1 Å². The Balaban J connectivity index is 1.82. The lowest BCUT2D eigenvalue weighted by Gasteiger charge is -2.20. The SMILES string of the molecule is CSc1ccccc1C(=O)N(Cc1ccccn1)c1nc2cc(C)cc(C)c2s1. The minimum absolute atomic E-state index is 0.0611. The third-order valence-corrected chi connectivity index (χ3v) is 6.69. The first kappa shape index (κ1) is 19.6. The minimum atomic E-state index is -0.0611. The van der Waals surface area contributed by atoms with Crippen LogP contribution in [-0.2, 0) is 6.54 Å². The van der Waals surface area contributed by atoms with Crippen LogP contribution in [0.1, 0.15) is 27.2 Å². The predicted octanol–water partition coefficient (Wildman–Crippen LogP) is 5.88. The van der Waals surface area contributed by atoms with Gasteiger partial charge in [0.25, 0.3) is 5.91 Å². The monoisotopic (exact) mass is 419 g/mol. The lowest BCUT2D eigenvalue weighted by atomic mass is 10.1. The van der Waals surface area contributed by atoms with Gasteiger partial charge in [-0.1, -0.05) is 35.6 Å². The number of hydrogen-bond acceptors (Lipinski definition) is 5. The summed E-state index contributed by atoms with van der Waals surface area (Å²) < 4.78 is 1.11. The number of benzene rings is 2. The van der Waals surface area contributed by atoms with Gasteiger partial charge in [0.15, 0.2) is 5.13 Å². The van der Waals surface area contributed by atoms with E-state index in [9.17, 15) is 4.79 Å². The number of fused-ring (bicyclic) bond motifs is 1. The first-order valence-electron chi connectivity index (χ1n) is 9.29. The largest absolute Gasteiger partial charge is 0.278 e. The van der Waals surface area contributed by atoms with E-state index in [0.29, 0.717) is 17.2 Å². The number of carbonyl (C=O) groups is 1. The van der Waals surface area contributed by atoms with Crippen molar-refractivity contribution in [1.29, 1.82) is 0 Å². The van der Waals surface area contributed by atoms with Crippen LogP contribution in [0.15, 0.2) is 65.7 Å². The molecule has 0 saturated heterocycles. The van der Waals surface area contributed by atoms with Gasteiger partial charge >= 0.3 is 0 Å². The van der Waals surface area contributed by atoms with Crippen molar-refractivity contribution in [3.05, 3.63) is 83.2 Å². The molecule has 0 fully saturated rings. The minimum Gasteiger partial charge on any atom is -0.278 e. The number of aryl methyl sites for hydroxylation is 2. The van der Waals surface area contributed by atoms with Gasteiger partial charge in [-0.25, -0.2) is 4.98 Å². The van der Waals surface area contributed by atoms with E-state index in [1.165, 1.54) is 11.1 Å². The molecule has 2 heterocycles. The van der Waals surface area contributed by atoms with Crippen molar-refractivity contribution in [2.75, 3.05) is 11.2 Å². The van der Waals surface area contributed by atoms with Crippen molar-refractivity contribution in [3.63, 3.8) is 0 Å². The molecule has 4 aromatic rings. The molecule has 0 radical (unpaired) electrons. The molecule has 0 N–H and O–H groups in total. The van der Waals surface area contributed by atoms with Crippen LogP contribution in [-0.4, -0.2) is 22.1 Å². The molecular formula is C23H21N3OS2. The maximum Gasteiger partial charge on any atom is 0.261 e. The molecule has 29 heavy (non-hydrogen) atoms. The van der Waals surface area contributed by atoms with E-state index < -0.39 is 0 Å². The Bertz CT molecular complexity index is 1170. The smallest absolute Gasteiger partial charge is 0.261 e. The van der Waals surface area contributed by atoms with Gasteiger partial charge < -0.3 is 0 Å². The van der Waals surface area contributed by atoms with Crippen LogP contribution < -0.4 is 4.90 Å². The Kier molecular flexibility index (Phi) is 5.65. The summed E-state index contributed by atoms with van der Waals surface area (Å²) in [5, 5.41) is 0.695. The molecule has 0 bridgehead atoms. The summed E-state index contributed by atoms with van der Waals surface area (Å²) in [7, 11) is 0. The quantitative estimate of drug-likeness (QED) is 0.379. The van der Waals surface area contributed by atoms with Crippen LogP contribution in [0.5, 0.6) is 0 Å². The average molecular weight is 420 g/mol. The molecule has 0 atom stereocenters. The van der Waals surface area contributed by atoms with E-state index in [4.69, 9.17) is 4.98 Å². The van der Waals surface area contributed by atoms with Gasteiger partial charge in [0.2, 0.25) is 0 Å². The van der Waals surface area contributed by atoms with Crippen molar-refractivity contribution >= 4 is 44.4 Å². The summed E-state index contributed by atoms with van der Waals surface area (Å²) in [6.07, 6.45) is 3.73. The van der Waals surface area contributed by atoms with Gasteiger partial charge in [0.1, 0.15) is 0 Å². The van der Waals surface area contributed by atoms with E-state index in [-0.39, 0.29) is 5.91 Å². The van der Waals surface area contributed by atoms with Gasteiger partial charge in [-0.2, -0.15) is 0 Å². The molecule has 0 aliphatic rings. The Hall–Kier alpha value is -2.70. The van der Waals surface area contributed by atoms with Gasteiger partial charge in [-0.15, -0.1) is 11.8 Å². The van der Waals surface area contributed by atoms with Gasteiger partial charge in [0, 0.05) is 11.1 Å². The molecule has 0 aliphatic carbocycles. The Morgan fingerprint density at radius 1 is 1.10 bits per heavy atom. The zero-order valence-corrected chi connectivity index (χ0v) is 18.2. The second kappa shape index (κ2) is 8.35. The average Bonchev–Trinajstić information content (AvgIpc) is 3.16. The predicted molar refractivity (Wildman–Crippen MR) is 122 cm³/mol. The number of carbonyl (C=O) groups excluding carboxylic acids is 1. The Labute approximate surface area is 178 Å². The molecule has 0 aliphatic heterocycles. The first-order valence-corrected chi connectivity index (χ1v) is 11.3. The molecule has 6 heteroatoms. The van der Waals surface area contributed by atoms with Gasteiger partial charge in [0.05, 0.1) is 28.0 Å². The molecule has 0 spiro atoms. The fourth-order valence-corrected chi connectivity index (χ4v) is 4.93. The van der Waals surface area contributed by atoms with E-state index in [2.05, 4.69) is 31.0 Å². The summed E-state index contributed by atoms with van der Waals surface area (Å²) in [6.45, 7) is 4.53. The van der Waals surface area contributed by atoms with Crippen LogP contribution >= 0.6 is 23.1 Å². The van der Waals surface area contributed by atoms with Gasteiger partial charge in [-0.05, 0) is 61.6 Å². The molecular weight excluding hydrogens is 398 g/mol. The Morgan fingerprint density at radius 3 is 2.66 bits per heavy atom. The number of thioether (sulfide) groups is 1. The zero-order valence-electron chi connectivity index (χ0n) is 16.5. The van der Waals surface area contributed by atoms with Crippen molar-refractivity contribution in [2.45, 2.75) is 25.3 Å². The molecule has 146 valence electrons. The lowest BCUT2D eigenvalue weighted by Crippen LogP contribution is -2.31. The number of amides is 1. The van der Waals surface area contributed by atoms with Gasteiger partial charge in [-0.3, -0.25) is 14.7 Å². The van der Waals surface area contributed by atoms with Crippen molar-refractivity contribution in [2.24, 2.45) is 0 Å². The number of pyridine rings is 1. The number of rotatable bonds is 5. The third-order valence-electron chi connectivity index (χ3n) is 4.67. The second-order valence-corrected chi connectivity index (χ2v) is 8.66. The third kappa shape index (κ3) is 4.04. The van der Waals surface area contributed by atoms with Crippen molar-refractivity contribution in [1.82, 2.24) is 9.97 Å². The molecule has 2 aromatic heterocycles. The highest BCUT2D eigenvalue weighted by atomic mass is 32.2. The lowest BCUT2D eigenvalue weighted by molar-refractivity contribution is 0.0982. The fourth-order valence-electron chi connectivity index (χ4n) is 3.33.